The molecule has 0 aromatic heterocycles. The number of hydrogen-bond acceptors (Lipinski definition) is 2. The summed E-state index contributed by atoms with van der Waals surface area (Å²) in [5, 5.41) is 10.3. The molecule has 0 heterocycles. The fraction of sp³-hybridized carbons (Fsp3) is 0.0714. The molecule has 2 nitrogen and oxygen atoms in total. The molecule has 0 saturated carbocycles. The summed E-state index contributed by atoms with van der Waals surface area (Å²) in [6.45, 7) is 0. The Morgan fingerprint density at radius 1 is 1.16 bits per heavy atom. The summed E-state index contributed by atoms with van der Waals surface area (Å²) in [5.74, 6) is -0.373. The standard InChI is InChI=1S/C14H10Cl2O2S/c15-10-5-6-13(12(16)7-10)19-8-9-3-1-2-4-11(9)14(17)18/h1-7H,8H2,(H,17,18). The Morgan fingerprint density at radius 2 is 1.89 bits per heavy atom. The van der Waals surface area contributed by atoms with Gasteiger partial charge in [-0.2, -0.15) is 0 Å². The van der Waals surface area contributed by atoms with Crippen molar-refractivity contribution in [3.05, 3.63) is 63.6 Å². The van der Waals surface area contributed by atoms with Gasteiger partial charge in [-0.05, 0) is 29.8 Å². The van der Waals surface area contributed by atoms with Gasteiger partial charge < -0.3 is 5.11 Å². The number of rotatable bonds is 4. The molecule has 5 heteroatoms. The summed E-state index contributed by atoms with van der Waals surface area (Å²) in [6.07, 6.45) is 0. The molecule has 0 spiro atoms. The van der Waals surface area contributed by atoms with Gasteiger partial charge in [0, 0.05) is 15.7 Å². The lowest BCUT2D eigenvalue weighted by Crippen LogP contribution is -2.00. The fourth-order valence-corrected chi connectivity index (χ4v) is 3.10. The Bertz CT molecular complexity index is 614. The average molecular weight is 313 g/mol. The smallest absolute Gasteiger partial charge is 0.335 e. The third-order valence-electron chi connectivity index (χ3n) is 2.52. The molecule has 19 heavy (non-hydrogen) atoms. The summed E-state index contributed by atoms with van der Waals surface area (Å²) in [4.78, 5) is 12.0. The number of carboxylic acids is 1. The normalized spacial score (nSPS) is 10.4. The van der Waals surface area contributed by atoms with E-state index in [4.69, 9.17) is 28.3 Å². The van der Waals surface area contributed by atoms with Gasteiger partial charge in [0.05, 0.1) is 10.6 Å². The minimum atomic E-state index is -0.918. The second-order valence-corrected chi connectivity index (χ2v) is 5.69. The molecular formula is C14H10Cl2O2S. The molecule has 0 amide bonds. The molecule has 0 fully saturated rings. The first-order chi connectivity index (χ1) is 9.08. The van der Waals surface area contributed by atoms with Gasteiger partial charge >= 0.3 is 5.97 Å². The van der Waals surface area contributed by atoms with Crippen molar-refractivity contribution in [2.24, 2.45) is 0 Å². The van der Waals surface area contributed by atoms with E-state index in [1.54, 1.807) is 30.3 Å². The van der Waals surface area contributed by atoms with Crippen molar-refractivity contribution in [3.8, 4) is 0 Å². The molecular weight excluding hydrogens is 303 g/mol. The van der Waals surface area contributed by atoms with Crippen LogP contribution in [-0.2, 0) is 5.75 Å². The second-order valence-electron chi connectivity index (χ2n) is 3.83. The molecule has 0 aliphatic carbocycles. The largest absolute Gasteiger partial charge is 0.478 e. The van der Waals surface area contributed by atoms with Gasteiger partial charge in [-0.15, -0.1) is 11.8 Å². The predicted octanol–water partition coefficient (Wildman–Crippen LogP) is 4.98. The molecule has 0 aliphatic rings. The van der Waals surface area contributed by atoms with E-state index in [1.807, 2.05) is 12.1 Å². The van der Waals surface area contributed by atoms with Crippen LogP contribution in [0.2, 0.25) is 10.0 Å². The van der Waals surface area contributed by atoms with Crippen molar-refractivity contribution in [1.82, 2.24) is 0 Å². The zero-order valence-corrected chi connectivity index (χ0v) is 12.1. The van der Waals surface area contributed by atoms with Gasteiger partial charge in [0.15, 0.2) is 0 Å². The molecule has 98 valence electrons. The van der Waals surface area contributed by atoms with Gasteiger partial charge in [-0.1, -0.05) is 41.4 Å². The zero-order chi connectivity index (χ0) is 13.8. The topological polar surface area (TPSA) is 37.3 Å². The van der Waals surface area contributed by atoms with E-state index in [2.05, 4.69) is 0 Å². The summed E-state index contributed by atoms with van der Waals surface area (Å²) in [5.41, 5.74) is 1.09. The van der Waals surface area contributed by atoms with Crippen LogP contribution in [0.4, 0.5) is 0 Å². The molecule has 0 atom stereocenters. The highest BCUT2D eigenvalue weighted by atomic mass is 35.5. The fourth-order valence-electron chi connectivity index (χ4n) is 1.60. The lowest BCUT2D eigenvalue weighted by atomic mass is 10.1. The third-order valence-corrected chi connectivity index (χ3v) is 4.31. The summed E-state index contributed by atoms with van der Waals surface area (Å²) in [7, 11) is 0. The Morgan fingerprint density at radius 3 is 2.58 bits per heavy atom. The van der Waals surface area contributed by atoms with Gasteiger partial charge in [0.25, 0.3) is 0 Å². The van der Waals surface area contributed by atoms with Crippen LogP contribution < -0.4 is 0 Å². The van der Waals surface area contributed by atoms with Crippen LogP contribution in [0.1, 0.15) is 15.9 Å². The second kappa shape index (κ2) is 6.33. The van der Waals surface area contributed by atoms with E-state index in [0.29, 0.717) is 21.4 Å². The van der Waals surface area contributed by atoms with Crippen LogP contribution in [0, 0.1) is 0 Å². The van der Waals surface area contributed by atoms with E-state index in [1.165, 1.54) is 11.8 Å². The maximum atomic E-state index is 11.1. The van der Waals surface area contributed by atoms with E-state index in [-0.39, 0.29) is 0 Å². The van der Waals surface area contributed by atoms with Crippen LogP contribution in [0.25, 0.3) is 0 Å². The molecule has 2 aromatic rings. The average Bonchev–Trinajstić information content (AvgIpc) is 2.38. The number of carboxylic acid groups (broad SMARTS) is 1. The number of carbonyl (C=O) groups is 1. The van der Waals surface area contributed by atoms with Crippen molar-refractivity contribution in [1.29, 1.82) is 0 Å². The maximum Gasteiger partial charge on any atom is 0.335 e. The van der Waals surface area contributed by atoms with Crippen molar-refractivity contribution in [2.75, 3.05) is 0 Å². The highest BCUT2D eigenvalue weighted by Gasteiger charge is 2.10. The lowest BCUT2D eigenvalue weighted by molar-refractivity contribution is 0.0696. The van der Waals surface area contributed by atoms with Crippen LogP contribution >= 0.6 is 35.0 Å². The molecule has 1 N–H and O–H groups in total. The van der Waals surface area contributed by atoms with Crippen LogP contribution in [-0.4, -0.2) is 11.1 Å². The van der Waals surface area contributed by atoms with E-state index in [0.717, 1.165) is 10.5 Å². The summed E-state index contributed by atoms with van der Waals surface area (Å²) < 4.78 is 0. The summed E-state index contributed by atoms with van der Waals surface area (Å²) >= 11 is 13.4. The molecule has 0 aliphatic heterocycles. The Labute approximate surface area is 125 Å². The SMILES string of the molecule is O=C(O)c1ccccc1CSc1ccc(Cl)cc1Cl. The Hall–Kier alpha value is -1.16. The number of halogens is 2. The number of aromatic carboxylic acids is 1. The number of hydrogen-bond donors (Lipinski definition) is 1. The summed E-state index contributed by atoms with van der Waals surface area (Å²) in [6, 6.07) is 12.2. The molecule has 0 radical (unpaired) electrons. The molecule has 0 unspecified atom stereocenters. The van der Waals surface area contributed by atoms with Gasteiger partial charge in [-0.25, -0.2) is 4.79 Å². The molecule has 0 bridgehead atoms. The Kier molecular flexibility index (Phi) is 4.75. The number of benzene rings is 2. The van der Waals surface area contributed by atoms with Crippen molar-refractivity contribution in [3.63, 3.8) is 0 Å². The lowest BCUT2D eigenvalue weighted by Gasteiger charge is -2.07. The van der Waals surface area contributed by atoms with Crippen molar-refractivity contribution in [2.45, 2.75) is 10.6 Å². The van der Waals surface area contributed by atoms with Crippen LogP contribution in [0.15, 0.2) is 47.4 Å². The van der Waals surface area contributed by atoms with Crippen LogP contribution in [0.5, 0.6) is 0 Å². The minimum Gasteiger partial charge on any atom is -0.478 e. The molecule has 0 saturated heterocycles. The monoisotopic (exact) mass is 312 g/mol. The zero-order valence-electron chi connectivity index (χ0n) is 9.77. The van der Waals surface area contributed by atoms with Gasteiger partial charge in [0.2, 0.25) is 0 Å². The quantitative estimate of drug-likeness (QED) is 0.809. The molecule has 2 aromatic carbocycles. The highest BCUT2D eigenvalue weighted by molar-refractivity contribution is 7.98. The minimum absolute atomic E-state index is 0.320. The van der Waals surface area contributed by atoms with E-state index >= 15 is 0 Å². The van der Waals surface area contributed by atoms with Gasteiger partial charge in [0.1, 0.15) is 0 Å². The highest BCUT2D eigenvalue weighted by Crippen LogP contribution is 2.32. The third kappa shape index (κ3) is 3.66. The Balaban J connectivity index is 2.17. The number of thioether (sulfide) groups is 1. The van der Waals surface area contributed by atoms with Crippen LogP contribution in [0.3, 0.4) is 0 Å². The van der Waals surface area contributed by atoms with E-state index in [9.17, 15) is 4.79 Å². The molecule has 2 rings (SSSR count). The first-order valence-corrected chi connectivity index (χ1v) is 7.21. The first kappa shape index (κ1) is 14.3. The predicted molar refractivity (Wildman–Crippen MR) is 79.4 cm³/mol. The van der Waals surface area contributed by atoms with Crippen molar-refractivity contribution >= 4 is 40.9 Å². The maximum absolute atomic E-state index is 11.1. The van der Waals surface area contributed by atoms with Gasteiger partial charge in [-0.3, -0.25) is 0 Å². The van der Waals surface area contributed by atoms with E-state index < -0.39 is 5.97 Å². The first-order valence-electron chi connectivity index (χ1n) is 5.47. The van der Waals surface area contributed by atoms with Crippen molar-refractivity contribution < 1.29 is 9.90 Å².